The Hall–Kier alpha value is -1.86. The Labute approximate surface area is 120 Å². The molecule has 0 unspecified atom stereocenters. The Morgan fingerprint density at radius 3 is 2.80 bits per heavy atom. The minimum Gasteiger partial charge on any atom is -0.381 e. The molecule has 1 aromatic rings. The Morgan fingerprint density at radius 2 is 2.10 bits per heavy atom. The molecule has 1 aromatic carbocycles. The number of ether oxygens (including phenoxy) is 1. The van der Waals surface area contributed by atoms with Crippen molar-refractivity contribution >= 4 is 11.6 Å². The van der Waals surface area contributed by atoms with Crippen LogP contribution in [0.1, 0.15) is 38.7 Å². The molecule has 0 atom stereocenters. The Kier molecular flexibility index (Phi) is 7.38. The maximum Gasteiger partial charge on any atom is 0.224 e. The van der Waals surface area contributed by atoms with Crippen LogP contribution < -0.4 is 5.32 Å². The number of para-hydroxylation sites is 1. The van der Waals surface area contributed by atoms with Gasteiger partial charge in [0, 0.05) is 19.6 Å². The van der Waals surface area contributed by atoms with E-state index in [1.54, 1.807) is 24.3 Å². The number of carbonyl (C=O) groups excluding carboxylic acids is 1. The predicted molar refractivity (Wildman–Crippen MR) is 79.3 cm³/mol. The Morgan fingerprint density at radius 1 is 1.35 bits per heavy atom. The highest BCUT2D eigenvalue weighted by Crippen LogP contribution is 2.13. The van der Waals surface area contributed by atoms with Crippen LogP contribution in [0, 0.1) is 17.2 Å². The van der Waals surface area contributed by atoms with Crippen molar-refractivity contribution in [3.8, 4) is 6.07 Å². The van der Waals surface area contributed by atoms with Crippen LogP contribution >= 0.6 is 0 Å². The van der Waals surface area contributed by atoms with E-state index in [1.165, 1.54) is 0 Å². The van der Waals surface area contributed by atoms with Crippen molar-refractivity contribution in [2.75, 3.05) is 18.5 Å². The summed E-state index contributed by atoms with van der Waals surface area (Å²) in [7, 11) is 0. The van der Waals surface area contributed by atoms with E-state index in [9.17, 15) is 4.79 Å². The number of nitrogens with zero attached hydrogens (tertiary/aromatic N) is 1. The molecule has 0 spiro atoms. The minimum atomic E-state index is -0.0832. The summed E-state index contributed by atoms with van der Waals surface area (Å²) in [5.74, 6) is 0.556. The number of nitriles is 1. The monoisotopic (exact) mass is 274 g/mol. The summed E-state index contributed by atoms with van der Waals surface area (Å²) in [6.07, 6.45) is 2.14. The third-order valence-electron chi connectivity index (χ3n) is 2.85. The molecule has 20 heavy (non-hydrogen) atoms. The summed E-state index contributed by atoms with van der Waals surface area (Å²) in [4.78, 5) is 11.7. The first-order valence-electron chi connectivity index (χ1n) is 7.00. The molecule has 0 aromatic heterocycles. The second-order valence-corrected chi connectivity index (χ2v) is 5.10. The van der Waals surface area contributed by atoms with Crippen LogP contribution in [0.2, 0.25) is 0 Å². The minimum absolute atomic E-state index is 0.0832. The molecule has 0 aliphatic carbocycles. The van der Waals surface area contributed by atoms with E-state index in [1.807, 2.05) is 0 Å². The van der Waals surface area contributed by atoms with Crippen molar-refractivity contribution in [3.63, 3.8) is 0 Å². The van der Waals surface area contributed by atoms with Crippen LogP contribution in [0.15, 0.2) is 24.3 Å². The normalized spacial score (nSPS) is 10.3. The van der Waals surface area contributed by atoms with Gasteiger partial charge in [0.1, 0.15) is 6.07 Å². The number of rotatable bonds is 8. The highest BCUT2D eigenvalue weighted by Gasteiger charge is 2.05. The van der Waals surface area contributed by atoms with Gasteiger partial charge in [0.25, 0.3) is 0 Å². The van der Waals surface area contributed by atoms with Gasteiger partial charge >= 0.3 is 0 Å². The molecule has 0 saturated heterocycles. The summed E-state index contributed by atoms with van der Waals surface area (Å²) in [5, 5.41) is 11.7. The average molecular weight is 274 g/mol. The van der Waals surface area contributed by atoms with Gasteiger partial charge < -0.3 is 10.1 Å². The number of anilines is 1. The lowest BCUT2D eigenvalue weighted by molar-refractivity contribution is -0.116. The van der Waals surface area contributed by atoms with E-state index in [0.29, 0.717) is 36.6 Å². The first-order valence-corrected chi connectivity index (χ1v) is 7.00. The Bertz CT molecular complexity index is 464. The van der Waals surface area contributed by atoms with Crippen molar-refractivity contribution in [1.29, 1.82) is 5.26 Å². The Balaban J connectivity index is 2.22. The van der Waals surface area contributed by atoms with Gasteiger partial charge in [0.2, 0.25) is 5.91 Å². The van der Waals surface area contributed by atoms with Crippen LogP contribution in [-0.4, -0.2) is 19.1 Å². The fraction of sp³-hybridized carbons (Fsp3) is 0.500. The van der Waals surface area contributed by atoms with Crippen molar-refractivity contribution in [1.82, 2.24) is 0 Å². The smallest absolute Gasteiger partial charge is 0.224 e. The van der Waals surface area contributed by atoms with Crippen molar-refractivity contribution in [2.24, 2.45) is 5.92 Å². The fourth-order valence-corrected chi connectivity index (χ4v) is 1.66. The number of carbonyl (C=O) groups is 1. The predicted octanol–water partition coefficient (Wildman–Crippen LogP) is 3.34. The van der Waals surface area contributed by atoms with Gasteiger partial charge in [-0.1, -0.05) is 26.0 Å². The van der Waals surface area contributed by atoms with Gasteiger partial charge in [-0.05, 0) is 30.9 Å². The molecule has 0 radical (unpaired) electrons. The maximum absolute atomic E-state index is 11.7. The molecule has 108 valence electrons. The lowest BCUT2D eigenvalue weighted by atomic mass is 10.1. The van der Waals surface area contributed by atoms with E-state index >= 15 is 0 Å². The lowest BCUT2D eigenvalue weighted by Gasteiger charge is -2.08. The average Bonchev–Trinajstić information content (AvgIpc) is 2.43. The van der Waals surface area contributed by atoms with E-state index in [0.717, 1.165) is 13.0 Å². The van der Waals surface area contributed by atoms with Crippen LogP contribution in [0.4, 0.5) is 5.69 Å². The molecule has 0 bridgehead atoms. The first kappa shape index (κ1) is 16.2. The van der Waals surface area contributed by atoms with E-state index < -0.39 is 0 Å². The molecular weight excluding hydrogens is 252 g/mol. The second-order valence-electron chi connectivity index (χ2n) is 5.10. The third-order valence-corrected chi connectivity index (χ3v) is 2.85. The highest BCUT2D eigenvalue weighted by molar-refractivity contribution is 5.92. The van der Waals surface area contributed by atoms with Gasteiger partial charge in [0.05, 0.1) is 11.3 Å². The van der Waals surface area contributed by atoms with Crippen LogP contribution in [0.25, 0.3) is 0 Å². The van der Waals surface area contributed by atoms with Crippen molar-refractivity contribution in [2.45, 2.75) is 33.1 Å². The number of hydrogen-bond donors (Lipinski definition) is 1. The molecule has 0 aliphatic rings. The molecule has 1 amide bonds. The highest BCUT2D eigenvalue weighted by atomic mass is 16.5. The molecule has 0 heterocycles. The van der Waals surface area contributed by atoms with Gasteiger partial charge in [0.15, 0.2) is 0 Å². The quantitative estimate of drug-likeness (QED) is 0.739. The summed E-state index contributed by atoms with van der Waals surface area (Å²) in [6, 6.07) is 9.04. The maximum atomic E-state index is 11.7. The fourth-order valence-electron chi connectivity index (χ4n) is 1.66. The molecular formula is C16H22N2O2. The zero-order valence-electron chi connectivity index (χ0n) is 12.2. The van der Waals surface area contributed by atoms with Crippen molar-refractivity contribution < 1.29 is 9.53 Å². The van der Waals surface area contributed by atoms with Gasteiger partial charge in [-0.25, -0.2) is 0 Å². The summed E-state index contributed by atoms with van der Waals surface area (Å²) >= 11 is 0. The van der Waals surface area contributed by atoms with Gasteiger partial charge in [-0.15, -0.1) is 0 Å². The molecule has 4 nitrogen and oxygen atoms in total. The number of amides is 1. The topological polar surface area (TPSA) is 62.1 Å². The van der Waals surface area contributed by atoms with Crippen LogP contribution in [-0.2, 0) is 9.53 Å². The number of benzene rings is 1. The summed E-state index contributed by atoms with van der Waals surface area (Å²) in [5.41, 5.74) is 1.05. The molecule has 1 N–H and O–H groups in total. The van der Waals surface area contributed by atoms with Crippen LogP contribution in [0.5, 0.6) is 0 Å². The van der Waals surface area contributed by atoms with Gasteiger partial charge in [-0.3, -0.25) is 4.79 Å². The van der Waals surface area contributed by atoms with Gasteiger partial charge in [-0.2, -0.15) is 5.26 Å². The summed E-state index contributed by atoms with van der Waals surface area (Å²) < 4.78 is 5.46. The standard InChI is InChI=1S/C16H22N2O2/c1-13(2)9-11-20-10-5-8-16(19)18-15-7-4-3-6-14(15)12-17/h3-4,6-7,13H,5,8-11H2,1-2H3,(H,18,19). The summed E-state index contributed by atoms with van der Waals surface area (Å²) in [6.45, 7) is 5.66. The number of nitrogens with one attached hydrogen (secondary N) is 1. The van der Waals surface area contributed by atoms with E-state index in [2.05, 4.69) is 25.2 Å². The molecule has 1 rings (SSSR count). The third kappa shape index (κ3) is 6.35. The molecule has 0 fully saturated rings. The molecule has 0 aliphatic heterocycles. The zero-order chi connectivity index (χ0) is 14.8. The van der Waals surface area contributed by atoms with E-state index in [-0.39, 0.29) is 5.91 Å². The van der Waals surface area contributed by atoms with Crippen LogP contribution in [0.3, 0.4) is 0 Å². The molecule has 0 saturated carbocycles. The largest absolute Gasteiger partial charge is 0.381 e. The second kappa shape index (κ2) is 9.11. The SMILES string of the molecule is CC(C)CCOCCCC(=O)Nc1ccccc1C#N. The zero-order valence-corrected chi connectivity index (χ0v) is 12.2. The van der Waals surface area contributed by atoms with E-state index in [4.69, 9.17) is 10.00 Å². The first-order chi connectivity index (χ1) is 9.63. The number of hydrogen-bond acceptors (Lipinski definition) is 3. The molecule has 4 heteroatoms. The van der Waals surface area contributed by atoms with Crippen molar-refractivity contribution in [3.05, 3.63) is 29.8 Å². The lowest BCUT2D eigenvalue weighted by Crippen LogP contribution is -2.13.